The van der Waals surface area contributed by atoms with E-state index >= 15 is 0 Å². The van der Waals surface area contributed by atoms with Crippen molar-refractivity contribution in [3.63, 3.8) is 0 Å². The first kappa shape index (κ1) is 15.7. The standard InChI is InChI=1S/C21H14N4OS/c26-21-24(16-10-5-2-6-11-16)23-20(15-8-3-1-4-9-15)18-14-17(22-25(18)21)19-12-7-13-27-19/h1-14H. The first-order valence-corrected chi connectivity index (χ1v) is 9.37. The second kappa shape index (κ2) is 6.34. The summed E-state index contributed by atoms with van der Waals surface area (Å²) in [5.74, 6) is 0. The van der Waals surface area contributed by atoms with E-state index in [0.29, 0.717) is 16.9 Å². The molecule has 0 radical (unpaired) electrons. The molecule has 0 saturated carbocycles. The minimum atomic E-state index is -0.293. The van der Waals surface area contributed by atoms with Crippen LogP contribution in [-0.4, -0.2) is 19.4 Å². The van der Waals surface area contributed by atoms with Crippen LogP contribution in [0.25, 0.3) is 33.0 Å². The van der Waals surface area contributed by atoms with Gasteiger partial charge in [0.25, 0.3) is 0 Å². The quantitative estimate of drug-likeness (QED) is 0.476. The lowest BCUT2D eigenvalue weighted by atomic mass is 10.1. The van der Waals surface area contributed by atoms with Crippen LogP contribution in [0.1, 0.15) is 0 Å². The van der Waals surface area contributed by atoms with Gasteiger partial charge in [-0.05, 0) is 29.6 Å². The van der Waals surface area contributed by atoms with E-state index in [4.69, 9.17) is 0 Å². The van der Waals surface area contributed by atoms with Gasteiger partial charge in [0.15, 0.2) is 0 Å². The molecule has 0 saturated heterocycles. The van der Waals surface area contributed by atoms with Crippen LogP contribution in [0.15, 0.2) is 89.0 Å². The molecule has 3 aromatic heterocycles. The summed E-state index contributed by atoms with van der Waals surface area (Å²) in [6.07, 6.45) is 0. The van der Waals surface area contributed by atoms with Crippen LogP contribution in [-0.2, 0) is 0 Å². The van der Waals surface area contributed by atoms with Crippen molar-refractivity contribution >= 4 is 16.9 Å². The zero-order chi connectivity index (χ0) is 18.2. The molecule has 0 unspecified atom stereocenters. The second-order valence-electron chi connectivity index (χ2n) is 6.05. The second-order valence-corrected chi connectivity index (χ2v) is 7.00. The van der Waals surface area contributed by atoms with Crippen LogP contribution in [0, 0.1) is 0 Å². The summed E-state index contributed by atoms with van der Waals surface area (Å²) in [5, 5.41) is 11.3. The molecule has 6 heteroatoms. The summed E-state index contributed by atoms with van der Waals surface area (Å²) in [6, 6.07) is 25.2. The Morgan fingerprint density at radius 3 is 2.26 bits per heavy atom. The minimum Gasteiger partial charge on any atom is -0.244 e. The van der Waals surface area contributed by atoms with Crippen molar-refractivity contribution < 1.29 is 0 Å². The van der Waals surface area contributed by atoms with Gasteiger partial charge in [-0.2, -0.15) is 19.4 Å². The molecule has 5 nitrogen and oxygen atoms in total. The van der Waals surface area contributed by atoms with Crippen molar-refractivity contribution in [1.29, 1.82) is 0 Å². The fourth-order valence-electron chi connectivity index (χ4n) is 3.06. The minimum absolute atomic E-state index is 0.293. The molecule has 0 atom stereocenters. The van der Waals surface area contributed by atoms with Gasteiger partial charge < -0.3 is 0 Å². The molecule has 3 heterocycles. The predicted octanol–water partition coefficient (Wildman–Crippen LogP) is 4.28. The number of rotatable bonds is 3. The van der Waals surface area contributed by atoms with Gasteiger partial charge >= 0.3 is 5.69 Å². The van der Waals surface area contributed by atoms with Gasteiger partial charge in [-0.3, -0.25) is 0 Å². The Morgan fingerprint density at radius 1 is 0.815 bits per heavy atom. The van der Waals surface area contributed by atoms with E-state index in [1.165, 1.54) is 9.20 Å². The maximum Gasteiger partial charge on any atom is 0.370 e. The van der Waals surface area contributed by atoms with Crippen LogP contribution >= 0.6 is 11.3 Å². The predicted molar refractivity (Wildman–Crippen MR) is 107 cm³/mol. The smallest absolute Gasteiger partial charge is 0.244 e. The fraction of sp³-hybridized carbons (Fsp3) is 0. The summed E-state index contributed by atoms with van der Waals surface area (Å²) in [7, 11) is 0. The molecular formula is C21H14N4OS. The number of para-hydroxylation sites is 1. The van der Waals surface area contributed by atoms with Crippen LogP contribution in [0.3, 0.4) is 0 Å². The Balaban J connectivity index is 1.85. The van der Waals surface area contributed by atoms with E-state index < -0.39 is 0 Å². The maximum atomic E-state index is 13.1. The largest absolute Gasteiger partial charge is 0.370 e. The molecule has 0 aliphatic carbocycles. The average molecular weight is 370 g/mol. The number of fused-ring (bicyclic) bond motifs is 1. The van der Waals surface area contributed by atoms with Gasteiger partial charge in [0.2, 0.25) is 0 Å². The van der Waals surface area contributed by atoms with E-state index in [-0.39, 0.29) is 5.69 Å². The summed E-state index contributed by atoms with van der Waals surface area (Å²) < 4.78 is 2.85. The van der Waals surface area contributed by atoms with Crippen molar-refractivity contribution in [3.8, 4) is 27.5 Å². The maximum absolute atomic E-state index is 13.1. The number of nitrogens with zero attached hydrogens (tertiary/aromatic N) is 4. The van der Waals surface area contributed by atoms with Crippen molar-refractivity contribution in [1.82, 2.24) is 19.4 Å². The molecule has 0 bridgehead atoms. The molecule has 130 valence electrons. The molecule has 0 amide bonds. The molecule has 5 aromatic rings. The Hall–Kier alpha value is -3.51. The molecule has 0 aliphatic rings. The highest BCUT2D eigenvalue weighted by atomic mass is 32.1. The lowest BCUT2D eigenvalue weighted by Gasteiger charge is -2.09. The average Bonchev–Trinajstić information content (AvgIpc) is 3.40. The highest BCUT2D eigenvalue weighted by Gasteiger charge is 2.17. The highest BCUT2D eigenvalue weighted by molar-refractivity contribution is 7.13. The van der Waals surface area contributed by atoms with Gasteiger partial charge in [-0.25, -0.2) is 4.79 Å². The Morgan fingerprint density at radius 2 is 1.56 bits per heavy atom. The molecule has 0 spiro atoms. The van der Waals surface area contributed by atoms with E-state index in [0.717, 1.165) is 16.1 Å². The van der Waals surface area contributed by atoms with Crippen LogP contribution in [0.4, 0.5) is 0 Å². The molecule has 0 aliphatic heterocycles. The zero-order valence-corrected chi connectivity index (χ0v) is 15.0. The SMILES string of the molecule is O=c1n(-c2ccccc2)nc(-c2ccccc2)c2cc(-c3cccs3)nn12. The molecule has 27 heavy (non-hydrogen) atoms. The van der Waals surface area contributed by atoms with E-state index in [9.17, 15) is 4.79 Å². The van der Waals surface area contributed by atoms with E-state index in [1.54, 1.807) is 11.3 Å². The summed E-state index contributed by atoms with van der Waals surface area (Å²) in [5.41, 5.74) is 3.53. The third-order valence-corrected chi connectivity index (χ3v) is 5.23. The van der Waals surface area contributed by atoms with Crippen molar-refractivity contribution in [2.75, 3.05) is 0 Å². The summed E-state index contributed by atoms with van der Waals surface area (Å²) in [6.45, 7) is 0. The monoisotopic (exact) mass is 370 g/mol. The third-order valence-electron chi connectivity index (χ3n) is 4.34. The van der Waals surface area contributed by atoms with Gasteiger partial charge in [0.1, 0.15) is 16.9 Å². The zero-order valence-electron chi connectivity index (χ0n) is 14.2. The van der Waals surface area contributed by atoms with E-state index in [1.807, 2.05) is 84.2 Å². The van der Waals surface area contributed by atoms with Gasteiger partial charge in [0.05, 0.1) is 10.6 Å². The topological polar surface area (TPSA) is 52.2 Å². The number of hydrogen-bond donors (Lipinski definition) is 0. The van der Waals surface area contributed by atoms with Crippen LogP contribution in [0.5, 0.6) is 0 Å². The number of hydrogen-bond acceptors (Lipinski definition) is 4. The van der Waals surface area contributed by atoms with Crippen molar-refractivity contribution in [3.05, 3.63) is 94.7 Å². The lowest BCUT2D eigenvalue weighted by molar-refractivity contribution is 0.718. The molecule has 2 aromatic carbocycles. The van der Waals surface area contributed by atoms with Crippen molar-refractivity contribution in [2.45, 2.75) is 0 Å². The Bertz CT molecular complexity index is 1270. The summed E-state index contributed by atoms with van der Waals surface area (Å²) in [4.78, 5) is 14.1. The number of benzene rings is 2. The molecular weight excluding hydrogens is 356 g/mol. The Labute approximate surface area is 158 Å². The first-order valence-electron chi connectivity index (χ1n) is 8.49. The van der Waals surface area contributed by atoms with Gasteiger partial charge in [-0.15, -0.1) is 11.3 Å². The number of thiophene rings is 1. The summed E-state index contributed by atoms with van der Waals surface area (Å²) >= 11 is 1.59. The third kappa shape index (κ3) is 2.67. The van der Waals surface area contributed by atoms with Gasteiger partial charge in [0, 0.05) is 5.56 Å². The van der Waals surface area contributed by atoms with E-state index in [2.05, 4.69) is 10.2 Å². The molecule has 5 rings (SSSR count). The van der Waals surface area contributed by atoms with Crippen LogP contribution in [0.2, 0.25) is 0 Å². The Kier molecular flexibility index (Phi) is 3.69. The van der Waals surface area contributed by atoms with Gasteiger partial charge in [-0.1, -0.05) is 54.6 Å². The first-order chi connectivity index (χ1) is 13.3. The normalized spacial score (nSPS) is 11.1. The lowest BCUT2D eigenvalue weighted by Crippen LogP contribution is -2.29. The highest BCUT2D eigenvalue weighted by Crippen LogP contribution is 2.28. The number of aromatic nitrogens is 4. The fourth-order valence-corrected chi connectivity index (χ4v) is 3.74. The van der Waals surface area contributed by atoms with Crippen LogP contribution < -0.4 is 5.69 Å². The van der Waals surface area contributed by atoms with Crippen molar-refractivity contribution in [2.24, 2.45) is 0 Å². The molecule has 0 fully saturated rings. The molecule has 0 N–H and O–H groups in total.